The Balaban J connectivity index is 1.40. The number of rotatable bonds is 3. The Morgan fingerprint density at radius 2 is 1.73 bits per heavy atom. The highest BCUT2D eigenvalue weighted by molar-refractivity contribution is 8.01. The Morgan fingerprint density at radius 1 is 0.970 bits per heavy atom. The van der Waals surface area contributed by atoms with Crippen LogP contribution in [0.25, 0.3) is 0 Å². The molecule has 2 aromatic carbocycles. The number of benzene rings is 2. The molecule has 3 heterocycles. The first-order valence-electron chi connectivity index (χ1n) is 11.5. The van der Waals surface area contributed by atoms with Crippen LogP contribution in [-0.4, -0.2) is 50.0 Å². The molecule has 33 heavy (non-hydrogen) atoms. The Hall–Kier alpha value is -2.52. The van der Waals surface area contributed by atoms with Crippen LogP contribution in [0.15, 0.2) is 52.3 Å². The third-order valence-electron chi connectivity index (χ3n) is 6.49. The van der Waals surface area contributed by atoms with E-state index in [0.29, 0.717) is 35.9 Å². The van der Waals surface area contributed by atoms with Crippen LogP contribution in [0.3, 0.4) is 0 Å². The van der Waals surface area contributed by atoms with Gasteiger partial charge in [0.1, 0.15) is 0 Å². The number of hydrogen-bond acceptors (Lipinski definition) is 5. The van der Waals surface area contributed by atoms with Crippen molar-refractivity contribution in [1.82, 2.24) is 4.90 Å². The van der Waals surface area contributed by atoms with Crippen LogP contribution in [0.1, 0.15) is 37.7 Å². The van der Waals surface area contributed by atoms with E-state index in [0.717, 1.165) is 44.1 Å². The maximum absolute atomic E-state index is 13.5. The van der Waals surface area contributed by atoms with Gasteiger partial charge in [-0.15, -0.1) is 11.8 Å². The summed E-state index contributed by atoms with van der Waals surface area (Å²) in [5.41, 5.74) is 2.17. The Morgan fingerprint density at radius 3 is 2.52 bits per heavy atom. The van der Waals surface area contributed by atoms with Gasteiger partial charge in [0, 0.05) is 24.5 Å². The maximum Gasteiger partial charge on any atom is 0.264 e. The van der Waals surface area contributed by atoms with Crippen molar-refractivity contribution in [2.24, 2.45) is 0 Å². The van der Waals surface area contributed by atoms with Crippen LogP contribution < -0.4 is 9.62 Å². The van der Waals surface area contributed by atoms with Gasteiger partial charge in [-0.3, -0.25) is 13.9 Å². The van der Waals surface area contributed by atoms with E-state index in [1.54, 1.807) is 17.0 Å². The van der Waals surface area contributed by atoms with Crippen molar-refractivity contribution in [3.05, 3.63) is 48.0 Å². The first kappa shape index (κ1) is 22.3. The second-order valence-corrected chi connectivity index (χ2v) is 11.7. The Labute approximate surface area is 198 Å². The number of thioether (sulfide) groups is 1. The van der Waals surface area contributed by atoms with E-state index in [4.69, 9.17) is 0 Å². The van der Waals surface area contributed by atoms with Crippen LogP contribution in [0.4, 0.5) is 11.4 Å². The molecule has 0 saturated carbocycles. The molecule has 0 unspecified atom stereocenters. The fourth-order valence-corrected chi connectivity index (χ4v) is 7.37. The van der Waals surface area contributed by atoms with Gasteiger partial charge < -0.3 is 10.2 Å². The summed E-state index contributed by atoms with van der Waals surface area (Å²) in [5, 5.41) is 1.95. The third-order valence-corrected chi connectivity index (χ3v) is 9.56. The van der Waals surface area contributed by atoms with Crippen molar-refractivity contribution < 1.29 is 18.0 Å². The molecule has 0 spiro atoms. The SMILES string of the molecule is O=C1Nc2cc(S(=O)(=O)N3CCCc4ccccc43)ccc2S[C@H]1C(=O)N1CCCCCC1. The summed E-state index contributed by atoms with van der Waals surface area (Å²) >= 11 is 1.21. The summed E-state index contributed by atoms with van der Waals surface area (Å²) < 4.78 is 28.4. The lowest BCUT2D eigenvalue weighted by Gasteiger charge is -2.31. The molecule has 0 aliphatic carbocycles. The molecule has 1 N–H and O–H groups in total. The van der Waals surface area contributed by atoms with Crippen LogP contribution in [0.5, 0.6) is 0 Å². The van der Waals surface area contributed by atoms with Crippen molar-refractivity contribution in [1.29, 1.82) is 0 Å². The van der Waals surface area contributed by atoms with Crippen molar-refractivity contribution in [3.8, 4) is 0 Å². The average molecular weight is 486 g/mol. The van der Waals surface area contributed by atoms with Gasteiger partial charge in [0.25, 0.3) is 10.0 Å². The van der Waals surface area contributed by atoms with Crippen LogP contribution >= 0.6 is 11.8 Å². The summed E-state index contributed by atoms with van der Waals surface area (Å²) in [4.78, 5) is 28.5. The number of carbonyl (C=O) groups excluding carboxylic acids is 2. The molecule has 2 amide bonds. The van der Waals surface area contributed by atoms with Crippen molar-refractivity contribution in [3.63, 3.8) is 0 Å². The maximum atomic E-state index is 13.5. The fourth-order valence-electron chi connectivity index (χ4n) is 4.74. The summed E-state index contributed by atoms with van der Waals surface area (Å²) in [5.74, 6) is -0.550. The van der Waals surface area contributed by atoms with E-state index in [-0.39, 0.29) is 16.7 Å². The van der Waals surface area contributed by atoms with Gasteiger partial charge in [0.05, 0.1) is 16.3 Å². The quantitative estimate of drug-likeness (QED) is 0.671. The van der Waals surface area contributed by atoms with E-state index in [1.807, 2.05) is 24.3 Å². The molecule has 5 rings (SSSR count). The number of nitrogens with zero attached hydrogens (tertiary/aromatic N) is 2. The monoisotopic (exact) mass is 485 g/mol. The standard InChI is InChI=1S/C24H27N3O4S2/c28-23-22(24(29)26-13-5-1-2-6-14-26)32-21-12-11-18(16-19(21)25-23)33(30,31)27-15-7-9-17-8-3-4-10-20(17)27/h3-4,8,10-12,16,22H,1-2,5-7,9,13-15H2,(H,25,28)/t22-/m1/s1. The molecule has 1 saturated heterocycles. The summed E-state index contributed by atoms with van der Waals surface area (Å²) in [7, 11) is -3.78. The number of fused-ring (bicyclic) bond motifs is 2. The molecule has 9 heteroatoms. The number of nitrogens with one attached hydrogen (secondary N) is 1. The van der Waals surface area contributed by atoms with Gasteiger partial charge >= 0.3 is 0 Å². The number of hydrogen-bond donors (Lipinski definition) is 1. The van der Waals surface area contributed by atoms with E-state index >= 15 is 0 Å². The number of likely N-dealkylation sites (tertiary alicyclic amines) is 1. The first-order chi connectivity index (χ1) is 15.9. The zero-order chi connectivity index (χ0) is 23.0. The summed E-state index contributed by atoms with van der Waals surface area (Å²) in [6.07, 6.45) is 5.74. The van der Waals surface area contributed by atoms with E-state index in [9.17, 15) is 18.0 Å². The predicted octanol–water partition coefficient (Wildman–Crippen LogP) is 3.64. The largest absolute Gasteiger partial charge is 0.341 e. The molecule has 0 aromatic heterocycles. The molecule has 0 radical (unpaired) electrons. The smallest absolute Gasteiger partial charge is 0.264 e. The third kappa shape index (κ3) is 4.24. The molecule has 2 aromatic rings. The van der Waals surface area contributed by atoms with Gasteiger partial charge in [-0.2, -0.15) is 0 Å². The van der Waals surface area contributed by atoms with Gasteiger partial charge in [-0.25, -0.2) is 8.42 Å². The molecule has 1 atom stereocenters. The Kier molecular flexibility index (Phi) is 6.09. The normalized spacial score (nSPS) is 21.0. The zero-order valence-corrected chi connectivity index (χ0v) is 20.0. The minimum Gasteiger partial charge on any atom is -0.341 e. The minimum absolute atomic E-state index is 0.135. The topological polar surface area (TPSA) is 86.8 Å². The number of aryl methyl sites for hydroxylation is 1. The lowest BCUT2D eigenvalue weighted by molar-refractivity contribution is -0.133. The zero-order valence-electron chi connectivity index (χ0n) is 18.3. The first-order valence-corrected chi connectivity index (χ1v) is 13.8. The summed E-state index contributed by atoms with van der Waals surface area (Å²) in [6, 6.07) is 12.3. The van der Waals surface area contributed by atoms with Gasteiger partial charge in [0.2, 0.25) is 11.8 Å². The molecule has 174 valence electrons. The van der Waals surface area contributed by atoms with Gasteiger partial charge in [-0.05, 0) is 55.5 Å². The number of anilines is 2. The second-order valence-electron chi connectivity index (χ2n) is 8.69. The Bertz CT molecular complexity index is 1190. The highest BCUT2D eigenvalue weighted by Gasteiger charge is 2.37. The van der Waals surface area contributed by atoms with Crippen LogP contribution in [0.2, 0.25) is 0 Å². The number of carbonyl (C=O) groups is 2. The van der Waals surface area contributed by atoms with Gasteiger partial charge in [0.15, 0.2) is 5.25 Å². The second kappa shape index (κ2) is 9.02. The van der Waals surface area contributed by atoms with Crippen LogP contribution in [-0.2, 0) is 26.0 Å². The molecule has 0 bridgehead atoms. The van der Waals surface area contributed by atoms with Gasteiger partial charge in [-0.1, -0.05) is 31.0 Å². The molecular formula is C24H27N3O4S2. The molecular weight excluding hydrogens is 458 g/mol. The lowest BCUT2D eigenvalue weighted by Crippen LogP contribution is -2.45. The summed E-state index contributed by atoms with van der Waals surface area (Å²) in [6.45, 7) is 1.79. The highest BCUT2D eigenvalue weighted by atomic mass is 32.2. The highest BCUT2D eigenvalue weighted by Crippen LogP contribution is 2.39. The number of para-hydroxylation sites is 1. The molecule has 7 nitrogen and oxygen atoms in total. The van der Waals surface area contributed by atoms with Crippen molar-refractivity contribution >= 4 is 45.0 Å². The predicted molar refractivity (Wildman–Crippen MR) is 129 cm³/mol. The van der Waals surface area contributed by atoms with Crippen LogP contribution in [0, 0.1) is 0 Å². The average Bonchev–Trinajstić information content (AvgIpc) is 3.12. The number of sulfonamides is 1. The van der Waals surface area contributed by atoms with Crippen molar-refractivity contribution in [2.45, 2.75) is 53.6 Å². The fraction of sp³-hybridized carbons (Fsp3) is 0.417. The lowest BCUT2D eigenvalue weighted by atomic mass is 10.0. The molecule has 3 aliphatic rings. The van der Waals surface area contributed by atoms with E-state index in [2.05, 4.69) is 5.32 Å². The minimum atomic E-state index is -3.78. The van der Waals surface area contributed by atoms with E-state index in [1.165, 1.54) is 22.1 Å². The molecule has 1 fully saturated rings. The van der Waals surface area contributed by atoms with E-state index < -0.39 is 15.3 Å². The number of amides is 2. The molecule has 3 aliphatic heterocycles. The van der Waals surface area contributed by atoms with Crippen molar-refractivity contribution in [2.75, 3.05) is 29.3 Å².